The number of aliphatic hydroxyl groups is 2. The minimum absolute atomic E-state index is 0.0134. The number of ether oxygens (including phenoxy) is 1. The van der Waals surface area contributed by atoms with Crippen molar-refractivity contribution in [2.45, 2.75) is 347 Å². The van der Waals surface area contributed by atoms with Gasteiger partial charge in [0.2, 0.25) is 5.91 Å². The number of carbonyl (C=O) groups excluding carboxylic acids is 2. The number of allylic oxidation sites excluding steroid dienone is 1. The third-order valence-corrected chi connectivity index (χ3v) is 14.1. The molecule has 2 unspecified atom stereocenters. The fourth-order valence-electron chi connectivity index (χ4n) is 9.46. The fourth-order valence-corrected chi connectivity index (χ4v) is 9.46. The molecule has 2 atom stereocenters. The molecule has 0 fully saturated rings. The quantitative estimate of drug-likeness (QED) is 0.0321. The second-order valence-corrected chi connectivity index (χ2v) is 20.7. The van der Waals surface area contributed by atoms with E-state index < -0.39 is 12.1 Å². The Balaban J connectivity index is 3.40. The summed E-state index contributed by atoms with van der Waals surface area (Å²) in [5.41, 5.74) is 0. The number of amides is 1. The van der Waals surface area contributed by atoms with E-state index in [1.165, 1.54) is 270 Å². The highest BCUT2D eigenvalue weighted by molar-refractivity contribution is 5.76. The summed E-state index contributed by atoms with van der Waals surface area (Å²) in [6.07, 6.45) is 66.7. The molecule has 0 spiro atoms. The number of rotatable bonds is 56. The minimum atomic E-state index is -0.844. The highest BCUT2D eigenvalue weighted by Crippen LogP contribution is 2.18. The van der Waals surface area contributed by atoms with Gasteiger partial charge in [0.15, 0.2) is 0 Å². The molecule has 0 aliphatic rings. The molecule has 3 N–H and O–H groups in total. The average molecular weight is 933 g/mol. The molecule has 0 aromatic carbocycles. The van der Waals surface area contributed by atoms with E-state index in [4.69, 9.17) is 4.74 Å². The van der Waals surface area contributed by atoms with Crippen molar-refractivity contribution >= 4 is 11.9 Å². The summed E-state index contributed by atoms with van der Waals surface area (Å²) >= 11 is 0. The highest BCUT2D eigenvalue weighted by Gasteiger charge is 2.18. The first-order valence-corrected chi connectivity index (χ1v) is 30.0. The Kier molecular flexibility index (Phi) is 55.0. The van der Waals surface area contributed by atoms with E-state index in [0.29, 0.717) is 19.4 Å². The van der Waals surface area contributed by atoms with Crippen molar-refractivity contribution in [3.05, 3.63) is 12.2 Å². The van der Waals surface area contributed by atoms with E-state index in [2.05, 4.69) is 19.2 Å². The summed E-state index contributed by atoms with van der Waals surface area (Å²) in [7, 11) is 0. The number of carbonyl (C=O) groups is 2. The average Bonchev–Trinajstić information content (AvgIpc) is 3.32. The molecule has 0 aromatic heterocycles. The largest absolute Gasteiger partial charge is 0.466 e. The third-order valence-electron chi connectivity index (χ3n) is 14.1. The normalized spacial score (nSPS) is 12.6. The van der Waals surface area contributed by atoms with Crippen LogP contribution in [-0.4, -0.2) is 47.4 Å². The first-order valence-electron chi connectivity index (χ1n) is 30.0. The fraction of sp³-hybridized carbons (Fsp3) is 0.933. The Morgan fingerprint density at radius 3 is 1.03 bits per heavy atom. The van der Waals surface area contributed by atoms with Crippen LogP contribution in [0.4, 0.5) is 0 Å². The van der Waals surface area contributed by atoms with Crippen molar-refractivity contribution in [1.29, 1.82) is 0 Å². The second-order valence-electron chi connectivity index (χ2n) is 20.7. The Labute approximate surface area is 412 Å². The molecule has 0 aromatic rings. The topological polar surface area (TPSA) is 95.9 Å². The first-order chi connectivity index (χ1) is 32.5. The zero-order valence-corrected chi connectivity index (χ0v) is 44.7. The lowest BCUT2D eigenvalue weighted by Crippen LogP contribution is -2.45. The smallest absolute Gasteiger partial charge is 0.305 e. The van der Waals surface area contributed by atoms with E-state index in [0.717, 1.165) is 38.5 Å². The summed E-state index contributed by atoms with van der Waals surface area (Å²) in [6, 6.07) is -0.627. The van der Waals surface area contributed by atoms with Crippen LogP contribution in [0.2, 0.25) is 0 Å². The number of esters is 1. The van der Waals surface area contributed by atoms with Crippen LogP contribution in [0.1, 0.15) is 335 Å². The summed E-state index contributed by atoms with van der Waals surface area (Å²) in [5.74, 6) is -0.0534. The van der Waals surface area contributed by atoms with E-state index >= 15 is 0 Å². The number of unbranched alkanes of at least 4 members (excludes halogenated alkanes) is 45. The van der Waals surface area contributed by atoms with Gasteiger partial charge in [-0.25, -0.2) is 0 Å². The Hall–Kier alpha value is -1.40. The molecule has 1 amide bonds. The zero-order chi connectivity index (χ0) is 47.9. The maximum Gasteiger partial charge on any atom is 0.305 e. The van der Waals surface area contributed by atoms with Crippen LogP contribution in [0.15, 0.2) is 12.2 Å². The number of aliphatic hydroxyl groups excluding tert-OH is 2. The molecule has 0 bridgehead atoms. The van der Waals surface area contributed by atoms with Crippen LogP contribution >= 0.6 is 0 Å². The summed E-state index contributed by atoms with van der Waals surface area (Å²) in [6.45, 7) is 4.92. The predicted octanol–water partition coefficient (Wildman–Crippen LogP) is 18.5. The van der Waals surface area contributed by atoms with Gasteiger partial charge in [0.1, 0.15) is 0 Å². The van der Waals surface area contributed by atoms with Crippen molar-refractivity contribution in [1.82, 2.24) is 5.32 Å². The van der Waals surface area contributed by atoms with Crippen molar-refractivity contribution in [3.8, 4) is 0 Å². The van der Waals surface area contributed by atoms with Gasteiger partial charge in [-0.05, 0) is 32.1 Å². The summed E-state index contributed by atoms with van der Waals surface area (Å²) in [5, 5.41) is 23.1. The molecule has 392 valence electrons. The maximum atomic E-state index is 12.5. The van der Waals surface area contributed by atoms with Gasteiger partial charge in [-0.2, -0.15) is 0 Å². The lowest BCUT2D eigenvalue weighted by Gasteiger charge is -2.20. The molecule has 0 radical (unpaired) electrons. The van der Waals surface area contributed by atoms with Gasteiger partial charge in [0.25, 0.3) is 0 Å². The van der Waals surface area contributed by atoms with E-state index in [9.17, 15) is 19.8 Å². The standard InChI is InChI=1S/C60H117NO5/c1-3-5-7-9-11-13-15-17-25-29-32-36-40-44-48-52-58(63)57(56-62)61-59(64)53-49-45-41-37-33-30-26-23-21-19-18-20-22-24-27-31-35-39-43-47-51-55-66-60(65)54-50-46-42-38-34-28-16-14-12-10-8-6-4-2/h48,52,57-58,62-63H,3-47,49-51,53-56H2,1-2H3,(H,61,64)/b52-48+. The van der Waals surface area contributed by atoms with Gasteiger partial charge >= 0.3 is 5.97 Å². The first kappa shape index (κ1) is 64.6. The van der Waals surface area contributed by atoms with E-state index in [1.807, 2.05) is 6.08 Å². The molecule has 66 heavy (non-hydrogen) atoms. The van der Waals surface area contributed by atoms with Gasteiger partial charge in [-0.1, -0.05) is 302 Å². The van der Waals surface area contributed by atoms with Gasteiger partial charge in [-0.15, -0.1) is 0 Å². The number of hydrogen-bond donors (Lipinski definition) is 3. The molecule has 6 nitrogen and oxygen atoms in total. The Morgan fingerprint density at radius 2 is 0.697 bits per heavy atom. The van der Waals surface area contributed by atoms with Gasteiger partial charge in [0, 0.05) is 12.8 Å². The molecular formula is C60H117NO5. The molecule has 0 heterocycles. The van der Waals surface area contributed by atoms with Crippen LogP contribution in [-0.2, 0) is 14.3 Å². The van der Waals surface area contributed by atoms with Crippen LogP contribution in [0.3, 0.4) is 0 Å². The molecule has 0 saturated carbocycles. The minimum Gasteiger partial charge on any atom is -0.466 e. The van der Waals surface area contributed by atoms with Crippen molar-refractivity contribution in [3.63, 3.8) is 0 Å². The van der Waals surface area contributed by atoms with Crippen LogP contribution < -0.4 is 5.32 Å². The second kappa shape index (κ2) is 56.2. The number of nitrogens with one attached hydrogen (secondary N) is 1. The van der Waals surface area contributed by atoms with E-state index in [-0.39, 0.29) is 18.5 Å². The van der Waals surface area contributed by atoms with E-state index in [1.54, 1.807) is 6.08 Å². The van der Waals surface area contributed by atoms with Crippen molar-refractivity contribution in [2.75, 3.05) is 13.2 Å². The molecule has 6 heteroatoms. The van der Waals surface area contributed by atoms with Crippen molar-refractivity contribution < 1.29 is 24.5 Å². The summed E-state index contributed by atoms with van der Waals surface area (Å²) < 4.78 is 5.48. The lowest BCUT2D eigenvalue weighted by molar-refractivity contribution is -0.143. The van der Waals surface area contributed by atoms with Gasteiger partial charge in [0.05, 0.1) is 25.4 Å². The molecule has 0 aliphatic carbocycles. The lowest BCUT2D eigenvalue weighted by atomic mass is 10.0. The summed E-state index contributed by atoms with van der Waals surface area (Å²) in [4.78, 5) is 24.5. The van der Waals surface area contributed by atoms with Crippen LogP contribution in [0, 0.1) is 0 Å². The van der Waals surface area contributed by atoms with Crippen LogP contribution in [0.5, 0.6) is 0 Å². The molecule has 0 saturated heterocycles. The maximum absolute atomic E-state index is 12.5. The van der Waals surface area contributed by atoms with Crippen LogP contribution in [0.25, 0.3) is 0 Å². The van der Waals surface area contributed by atoms with Crippen molar-refractivity contribution in [2.24, 2.45) is 0 Å². The monoisotopic (exact) mass is 932 g/mol. The Morgan fingerprint density at radius 1 is 0.409 bits per heavy atom. The zero-order valence-electron chi connectivity index (χ0n) is 44.7. The predicted molar refractivity (Wildman–Crippen MR) is 287 cm³/mol. The number of hydrogen-bond acceptors (Lipinski definition) is 5. The molecular weight excluding hydrogens is 815 g/mol. The SMILES string of the molecule is CCCCCCCCCCCCCCC/C=C/C(O)C(CO)NC(=O)CCCCCCCCCCCCCCCCCCCCCCCOC(=O)CCCCCCCCCCCCCCC. The molecule has 0 aliphatic heterocycles. The Bertz CT molecular complexity index is 986. The third kappa shape index (κ3) is 52.0. The van der Waals surface area contributed by atoms with Gasteiger partial charge < -0.3 is 20.3 Å². The van der Waals surface area contributed by atoms with Gasteiger partial charge in [-0.3, -0.25) is 9.59 Å². The highest BCUT2D eigenvalue weighted by atomic mass is 16.5. The molecule has 0 rings (SSSR count).